The van der Waals surface area contributed by atoms with Gasteiger partial charge in [-0.1, -0.05) is 18.2 Å². The minimum atomic E-state index is -1.34. The lowest BCUT2D eigenvalue weighted by atomic mass is 9.91. The highest BCUT2D eigenvalue weighted by Gasteiger charge is 2.54. The number of rotatable bonds is 3. The minimum absolute atomic E-state index is 0.379. The number of methoxy groups -OCH3 is 1. The van der Waals surface area contributed by atoms with Crippen molar-refractivity contribution in [2.75, 3.05) is 13.7 Å². The smallest absolute Gasteiger partial charge is 0.411 e. The number of likely N-dealkylation sites (tertiary alicyclic amines) is 1. The molecule has 31 heavy (non-hydrogen) atoms. The molecule has 3 aromatic rings. The fourth-order valence-corrected chi connectivity index (χ4v) is 4.06. The van der Waals surface area contributed by atoms with E-state index in [9.17, 15) is 9.59 Å². The maximum Gasteiger partial charge on any atom is 0.411 e. The van der Waals surface area contributed by atoms with E-state index in [1.807, 2.05) is 41.0 Å². The largest absolute Gasteiger partial charge is 0.467 e. The van der Waals surface area contributed by atoms with Crippen molar-refractivity contribution in [3.63, 3.8) is 0 Å². The number of nitrogens with zero attached hydrogens (tertiary/aromatic N) is 4. The topological polar surface area (TPSA) is 86.6 Å². The SMILES string of the molecule is COC(=O)C1(c2cccc(-n3cnc4ccccc43)n2)CCCN1C(=O)OC(C)(C)C. The molecule has 1 aliphatic heterocycles. The zero-order valence-electron chi connectivity index (χ0n) is 18.2. The Morgan fingerprint density at radius 3 is 2.61 bits per heavy atom. The van der Waals surface area contributed by atoms with Gasteiger partial charge in [-0.05, 0) is 57.9 Å². The highest BCUT2D eigenvalue weighted by molar-refractivity contribution is 5.87. The highest BCUT2D eigenvalue weighted by atomic mass is 16.6. The number of imidazole rings is 1. The first-order valence-electron chi connectivity index (χ1n) is 10.3. The number of amides is 1. The Kier molecular flexibility index (Phi) is 5.16. The molecule has 0 aliphatic carbocycles. The van der Waals surface area contributed by atoms with Crippen LogP contribution in [-0.2, 0) is 19.8 Å². The first-order chi connectivity index (χ1) is 14.8. The van der Waals surface area contributed by atoms with Crippen molar-refractivity contribution in [1.82, 2.24) is 19.4 Å². The van der Waals surface area contributed by atoms with Crippen LogP contribution in [-0.4, -0.2) is 50.8 Å². The van der Waals surface area contributed by atoms with Gasteiger partial charge in [0.05, 0.1) is 23.8 Å². The average Bonchev–Trinajstić information content (AvgIpc) is 3.37. The van der Waals surface area contributed by atoms with Gasteiger partial charge < -0.3 is 9.47 Å². The Balaban J connectivity index is 1.81. The Labute approximate surface area is 180 Å². The van der Waals surface area contributed by atoms with Gasteiger partial charge in [-0.25, -0.2) is 19.6 Å². The van der Waals surface area contributed by atoms with E-state index in [0.717, 1.165) is 11.0 Å². The molecule has 8 heteroatoms. The van der Waals surface area contributed by atoms with E-state index in [2.05, 4.69) is 4.98 Å². The lowest BCUT2D eigenvalue weighted by Gasteiger charge is -2.36. The molecule has 8 nitrogen and oxygen atoms in total. The molecule has 2 aromatic heterocycles. The van der Waals surface area contributed by atoms with Gasteiger partial charge >= 0.3 is 12.1 Å². The van der Waals surface area contributed by atoms with E-state index in [1.165, 1.54) is 12.0 Å². The molecule has 1 unspecified atom stereocenters. The van der Waals surface area contributed by atoms with Gasteiger partial charge in [0, 0.05) is 6.54 Å². The molecule has 1 aromatic carbocycles. The number of carbonyl (C=O) groups is 2. The molecule has 0 spiro atoms. The fourth-order valence-electron chi connectivity index (χ4n) is 4.06. The molecule has 1 saturated heterocycles. The van der Waals surface area contributed by atoms with Crippen LogP contribution in [0.4, 0.5) is 4.79 Å². The number of aromatic nitrogens is 3. The summed E-state index contributed by atoms with van der Waals surface area (Å²) in [5.74, 6) is 0.0708. The van der Waals surface area contributed by atoms with E-state index in [4.69, 9.17) is 14.5 Å². The third-order valence-corrected chi connectivity index (χ3v) is 5.38. The van der Waals surface area contributed by atoms with Crippen molar-refractivity contribution in [3.05, 3.63) is 54.5 Å². The van der Waals surface area contributed by atoms with Crippen molar-refractivity contribution >= 4 is 23.1 Å². The van der Waals surface area contributed by atoms with Crippen molar-refractivity contribution in [2.45, 2.75) is 44.8 Å². The molecule has 0 saturated carbocycles. The number of hydrogen-bond acceptors (Lipinski definition) is 6. The standard InChI is InChI=1S/C23H26N4O4/c1-22(2,3)31-21(29)27-14-8-13-23(27,20(28)30-4)18-11-7-12-19(25-18)26-15-24-16-9-5-6-10-17(16)26/h5-7,9-12,15H,8,13-14H2,1-4H3. The maximum absolute atomic E-state index is 13.1. The summed E-state index contributed by atoms with van der Waals surface area (Å²) >= 11 is 0. The van der Waals surface area contributed by atoms with Crippen LogP contribution in [0, 0.1) is 0 Å². The summed E-state index contributed by atoms with van der Waals surface area (Å²) < 4.78 is 12.6. The highest BCUT2D eigenvalue weighted by Crippen LogP contribution is 2.40. The minimum Gasteiger partial charge on any atom is -0.467 e. The van der Waals surface area contributed by atoms with Gasteiger partial charge in [-0.2, -0.15) is 0 Å². The molecule has 1 aliphatic rings. The van der Waals surface area contributed by atoms with Crippen molar-refractivity contribution in [3.8, 4) is 5.82 Å². The van der Waals surface area contributed by atoms with Crippen LogP contribution >= 0.6 is 0 Å². The monoisotopic (exact) mass is 422 g/mol. The molecule has 1 atom stereocenters. The zero-order chi connectivity index (χ0) is 22.2. The van der Waals surface area contributed by atoms with Gasteiger partial charge in [0.25, 0.3) is 0 Å². The van der Waals surface area contributed by atoms with Crippen molar-refractivity contribution < 1.29 is 19.1 Å². The molecule has 4 rings (SSSR count). The molecule has 162 valence electrons. The predicted octanol–water partition coefficient (Wildman–Crippen LogP) is 3.82. The first-order valence-corrected chi connectivity index (χ1v) is 10.3. The van der Waals surface area contributed by atoms with Crippen LogP contribution in [0.25, 0.3) is 16.9 Å². The molecule has 0 bridgehead atoms. The van der Waals surface area contributed by atoms with Gasteiger partial charge in [-0.3, -0.25) is 9.47 Å². The first kappa shape index (κ1) is 20.8. The zero-order valence-corrected chi connectivity index (χ0v) is 18.2. The number of pyridine rings is 1. The fraction of sp³-hybridized carbons (Fsp3) is 0.391. The third-order valence-electron chi connectivity index (χ3n) is 5.38. The summed E-state index contributed by atoms with van der Waals surface area (Å²) in [5, 5.41) is 0. The van der Waals surface area contributed by atoms with Crippen LogP contribution in [0.3, 0.4) is 0 Å². The van der Waals surface area contributed by atoms with Gasteiger partial charge in [0.2, 0.25) is 0 Å². The quantitative estimate of drug-likeness (QED) is 0.597. The van der Waals surface area contributed by atoms with Crippen LogP contribution in [0.5, 0.6) is 0 Å². The van der Waals surface area contributed by atoms with E-state index >= 15 is 0 Å². The summed E-state index contributed by atoms with van der Waals surface area (Å²) in [6.07, 6.45) is 2.17. The Morgan fingerprint density at radius 2 is 1.87 bits per heavy atom. The number of fused-ring (bicyclic) bond motifs is 1. The second-order valence-corrected chi connectivity index (χ2v) is 8.57. The van der Waals surface area contributed by atoms with Gasteiger partial charge in [0.15, 0.2) is 5.54 Å². The molecule has 0 radical (unpaired) electrons. The van der Waals surface area contributed by atoms with Crippen LogP contribution in [0.2, 0.25) is 0 Å². The van der Waals surface area contributed by atoms with E-state index in [1.54, 1.807) is 33.2 Å². The molecule has 0 N–H and O–H groups in total. The van der Waals surface area contributed by atoms with E-state index in [-0.39, 0.29) is 0 Å². The summed E-state index contributed by atoms with van der Waals surface area (Å²) in [4.78, 5) is 36.8. The Bertz CT molecular complexity index is 1130. The number of hydrogen-bond donors (Lipinski definition) is 0. The summed E-state index contributed by atoms with van der Waals surface area (Å²) in [6.45, 7) is 5.77. The number of esters is 1. The van der Waals surface area contributed by atoms with Crippen LogP contribution in [0.15, 0.2) is 48.8 Å². The number of ether oxygens (including phenoxy) is 2. The van der Waals surface area contributed by atoms with Crippen LogP contribution < -0.4 is 0 Å². The molecular weight excluding hydrogens is 396 g/mol. The second-order valence-electron chi connectivity index (χ2n) is 8.57. The molecule has 3 heterocycles. The Morgan fingerprint density at radius 1 is 1.10 bits per heavy atom. The summed E-state index contributed by atoms with van der Waals surface area (Å²) in [7, 11) is 1.32. The lowest BCUT2D eigenvalue weighted by molar-refractivity contribution is -0.154. The van der Waals surface area contributed by atoms with Gasteiger partial charge in [0.1, 0.15) is 17.7 Å². The Hall–Kier alpha value is -3.42. The lowest BCUT2D eigenvalue weighted by Crippen LogP contribution is -2.53. The maximum atomic E-state index is 13.1. The van der Waals surface area contributed by atoms with E-state index in [0.29, 0.717) is 30.9 Å². The number of benzene rings is 1. The number of para-hydroxylation sites is 2. The van der Waals surface area contributed by atoms with E-state index < -0.39 is 23.2 Å². The van der Waals surface area contributed by atoms with Crippen molar-refractivity contribution in [1.29, 1.82) is 0 Å². The summed E-state index contributed by atoms with van der Waals surface area (Å²) in [6, 6.07) is 13.1. The summed E-state index contributed by atoms with van der Waals surface area (Å²) in [5.41, 5.74) is 0.150. The van der Waals surface area contributed by atoms with Crippen LogP contribution in [0.1, 0.15) is 39.3 Å². The normalized spacial score (nSPS) is 18.9. The van der Waals surface area contributed by atoms with Crippen molar-refractivity contribution in [2.24, 2.45) is 0 Å². The van der Waals surface area contributed by atoms with Gasteiger partial charge in [-0.15, -0.1) is 0 Å². The predicted molar refractivity (Wildman–Crippen MR) is 115 cm³/mol. The molecule has 1 fully saturated rings. The third kappa shape index (κ3) is 3.62. The average molecular weight is 422 g/mol. The molecule has 1 amide bonds. The second kappa shape index (κ2) is 7.68. The molecular formula is C23H26N4O4. The number of carbonyl (C=O) groups excluding carboxylic acids is 2.